The number of sulfonamides is 1. The van der Waals surface area contributed by atoms with Crippen LogP contribution < -0.4 is 4.90 Å². The molecule has 0 aromatic carbocycles. The van der Waals surface area contributed by atoms with Gasteiger partial charge < -0.3 is 9.80 Å². The summed E-state index contributed by atoms with van der Waals surface area (Å²) in [6.07, 6.45) is 4.82. The normalized spacial score (nSPS) is 28.8. The van der Waals surface area contributed by atoms with Crippen molar-refractivity contribution in [1.82, 2.24) is 19.2 Å². The number of amides is 1. The summed E-state index contributed by atoms with van der Waals surface area (Å²) in [5, 5.41) is 0. The minimum atomic E-state index is -3.17. The first-order valence-electron chi connectivity index (χ1n) is 9.16. The third kappa shape index (κ3) is 2.51. The Hall–Kier alpha value is -1.74. The van der Waals surface area contributed by atoms with E-state index in [-0.39, 0.29) is 29.0 Å². The van der Waals surface area contributed by atoms with E-state index in [0.717, 1.165) is 6.54 Å². The van der Waals surface area contributed by atoms with E-state index in [2.05, 4.69) is 14.9 Å². The zero-order valence-electron chi connectivity index (χ0n) is 15.2. The molecule has 2 atom stereocenters. The van der Waals surface area contributed by atoms with Crippen molar-refractivity contribution in [3.8, 4) is 0 Å². The van der Waals surface area contributed by atoms with Crippen LogP contribution in [0.1, 0.15) is 19.8 Å². The lowest BCUT2D eigenvalue weighted by Crippen LogP contribution is -2.56. The van der Waals surface area contributed by atoms with Gasteiger partial charge in [-0.25, -0.2) is 22.7 Å². The van der Waals surface area contributed by atoms with Gasteiger partial charge in [0.05, 0.1) is 17.2 Å². The topological polar surface area (TPSA) is 86.7 Å². The molecule has 4 heterocycles. The monoisotopic (exact) mass is 379 g/mol. The van der Waals surface area contributed by atoms with Gasteiger partial charge in [-0.3, -0.25) is 4.79 Å². The Morgan fingerprint density at radius 1 is 1.19 bits per heavy atom. The van der Waals surface area contributed by atoms with Crippen LogP contribution in [0, 0.1) is 11.8 Å². The molecule has 26 heavy (non-hydrogen) atoms. The van der Waals surface area contributed by atoms with Crippen LogP contribution in [0.25, 0.3) is 0 Å². The number of carbonyl (C=O) groups is 1. The minimum Gasteiger partial charge on any atom is -0.340 e. The fraction of sp³-hybridized carbons (Fsp3) is 0.706. The van der Waals surface area contributed by atoms with Crippen molar-refractivity contribution in [1.29, 1.82) is 0 Å². The first kappa shape index (κ1) is 17.7. The molecule has 0 aliphatic carbocycles. The van der Waals surface area contributed by atoms with Crippen LogP contribution in [0.5, 0.6) is 0 Å². The van der Waals surface area contributed by atoms with Crippen LogP contribution in [0.4, 0.5) is 5.95 Å². The zero-order valence-corrected chi connectivity index (χ0v) is 16.0. The van der Waals surface area contributed by atoms with Gasteiger partial charge in [0.1, 0.15) is 0 Å². The van der Waals surface area contributed by atoms with Crippen molar-refractivity contribution in [2.24, 2.45) is 11.8 Å². The summed E-state index contributed by atoms with van der Waals surface area (Å²) < 4.78 is 26.0. The fourth-order valence-corrected chi connectivity index (χ4v) is 6.08. The molecule has 4 rings (SSSR count). The Labute approximate surface area is 154 Å². The summed E-state index contributed by atoms with van der Waals surface area (Å²) in [4.78, 5) is 25.5. The van der Waals surface area contributed by atoms with Crippen LogP contribution in [-0.2, 0) is 14.8 Å². The molecule has 3 saturated heterocycles. The molecule has 3 aliphatic rings. The van der Waals surface area contributed by atoms with E-state index in [1.165, 1.54) is 0 Å². The molecule has 9 heteroatoms. The molecule has 8 nitrogen and oxygen atoms in total. The molecule has 1 aromatic rings. The van der Waals surface area contributed by atoms with E-state index in [1.807, 2.05) is 11.9 Å². The Kier molecular flexibility index (Phi) is 4.18. The lowest BCUT2D eigenvalue weighted by atomic mass is 9.75. The second kappa shape index (κ2) is 6.16. The van der Waals surface area contributed by atoms with Gasteiger partial charge in [-0.1, -0.05) is 0 Å². The number of hydrogen-bond donors (Lipinski definition) is 0. The Morgan fingerprint density at radius 3 is 2.46 bits per heavy atom. The fourth-order valence-electron chi connectivity index (χ4n) is 4.97. The van der Waals surface area contributed by atoms with E-state index in [0.29, 0.717) is 38.4 Å². The van der Waals surface area contributed by atoms with Gasteiger partial charge in [0, 0.05) is 51.5 Å². The predicted octanol–water partition coefficient (Wildman–Crippen LogP) is 0.185. The SMILES string of the molecule is CCS(=O)(=O)N1CCC2(CC1)[C@@H]1CN(c3ncccn3)C[C@@H]1C(=O)N2C. The van der Waals surface area contributed by atoms with Gasteiger partial charge in [-0.2, -0.15) is 0 Å². The van der Waals surface area contributed by atoms with E-state index in [4.69, 9.17) is 0 Å². The van der Waals surface area contributed by atoms with Crippen LogP contribution in [-0.4, -0.2) is 78.0 Å². The molecule has 1 spiro atoms. The highest BCUT2D eigenvalue weighted by atomic mass is 32.2. The summed E-state index contributed by atoms with van der Waals surface area (Å²) in [7, 11) is -1.29. The van der Waals surface area contributed by atoms with Gasteiger partial charge in [0.25, 0.3) is 0 Å². The maximum absolute atomic E-state index is 12.9. The smallest absolute Gasteiger partial charge is 0.228 e. The number of rotatable bonds is 3. The first-order valence-corrected chi connectivity index (χ1v) is 10.8. The summed E-state index contributed by atoms with van der Waals surface area (Å²) in [6.45, 7) is 4.02. The van der Waals surface area contributed by atoms with Gasteiger partial charge in [0.15, 0.2) is 0 Å². The summed E-state index contributed by atoms with van der Waals surface area (Å²) >= 11 is 0. The molecule has 1 amide bonds. The van der Waals surface area contributed by atoms with Gasteiger partial charge in [-0.15, -0.1) is 0 Å². The predicted molar refractivity (Wildman–Crippen MR) is 97.0 cm³/mol. The number of nitrogens with zero attached hydrogens (tertiary/aromatic N) is 5. The molecule has 3 fully saturated rings. The van der Waals surface area contributed by atoms with Crippen molar-refractivity contribution >= 4 is 21.9 Å². The number of likely N-dealkylation sites (tertiary alicyclic amines) is 1. The van der Waals surface area contributed by atoms with Crippen LogP contribution in [0.2, 0.25) is 0 Å². The lowest BCUT2D eigenvalue weighted by molar-refractivity contribution is -0.132. The maximum atomic E-state index is 12.9. The van der Waals surface area contributed by atoms with Crippen molar-refractivity contribution in [3.05, 3.63) is 18.5 Å². The van der Waals surface area contributed by atoms with Crippen LogP contribution >= 0.6 is 0 Å². The highest BCUT2D eigenvalue weighted by molar-refractivity contribution is 7.89. The molecule has 0 N–H and O–H groups in total. The Balaban J connectivity index is 1.57. The number of fused-ring (bicyclic) bond motifs is 2. The quantitative estimate of drug-likeness (QED) is 0.745. The number of aromatic nitrogens is 2. The standard InChI is InChI=1S/C17H25N5O3S/c1-3-26(24,25)22-9-5-17(6-10-22)14-12-21(16-18-7-4-8-19-16)11-13(14)15(23)20(17)2/h4,7-8,13-14H,3,5-6,9-12H2,1-2H3/t13-,14+/m0/s1. The molecule has 3 aliphatic heterocycles. The largest absolute Gasteiger partial charge is 0.340 e. The van der Waals surface area contributed by atoms with Gasteiger partial charge in [0.2, 0.25) is 21.9 Å². The average Bonchev–Trinajstić information content (AvgIpc) is 3.19. The van der Waals surface area contributed by atoms with Crippen LogP contribution in [0.3, 0.4) is 0 Å². The second-order valence-electron chi connectivity index (χ2n) is 7.47. The van der Waals surface area contributed by atoms with Gasteiger partial charge >= 0.3 is 0 Å². The van der Waals surface area contributed by atoms with Crippen molar-refractivity contribution in [2.75, 3.05) is 43.9 Å². The van der Waals surface area contributed by atoms with Crippen molar-refractivity contribution in [3.63, 3.8) is 0 Å². The molecular formula is C17H25N5O3S. The van der Waals surface area contributed by atoms with Gasteiger partial charge in [-0.05, 0) is 25.8 Å². The molecule has 0 radical (unpaired) electrons. The van der Waals surface area contributed by atoms with Crippen molar-refractivity contribution < 1.29 is 13.2 Å². The Bertz CT molecular complexity index is 792. The molecule has 142 valence electrons. The zero-order chi connectivity index (χ0) is 18.5. The summed E-state index contributed by atoms with van der Waals surface area (Å²) in [6, 6.07) is 1.78. The lowest BCUT2D eigenvalue weighted by Gasteiger charge is -2.46. The summed E-state index contributed by atoms with van der Waals surface area (Å²) in [5.41, 5.74) is -0.259. The third-order valence-corrected chi connectivity index (χ3v) is 8.39. The number of hydrogen-bond acceptors (Lipinski definition) is 6. The highest BCUT2D eigenvalue weighted by Crippen LogP contribution is 2.49. The molecule has 0 unspecified atom stereocenters. The molecular weight excluding hydrogens is 354 g/mol. The van der Waals surface area contributed by atoms with Crippen molar-refractivity contribution in [2.45, 2.75) is 25.3 Å². The minimum absolute atomic E-state index is 0.0573. The first-order chi connectivity index (χ1) is 12.4. The summed E-state index contributed by atoms with van der Waals surface area (Å²) in [5.74, 6) is 1.09. The van der Waals surface area contributed by atoms with E-state index < -0.39 is 10.0 Å². The van der Waals surface area contributed by atoms with Crippen LogP contribution in [0.15, 0.2) is 18.5 Å². The molecule has 0 saturated carbocycles. The number of piperidine rings is 1. The van der Waals surface area contributed by atoms with E-state index in [9.17, 15) is 13.2 Å². The average molecular weight is 379 g/mol. The molecule has 0 bridgehead atoms. The Morgan fingerprint density at radius 2 is 1.85 bits per heavy atom. The maximum Gasteiger partial charge on any atom is 0.228 e. The highest BCUT2D eigenvalue weighted by Gasteiger charge is 2.61. The van der Waals surface area contributed by atoms with E-state index >= 15 is 0 Å². The van der Waals surface area contributed by atoms with E-state index in [1.54, 1.807) is 29.7 Å². The third-order valence-electron chi connectivity index (χ3n) is 6.51. The number of anilines is 1. The number of carbonyl (C=O) groups excluding carboxylic acids is 1. The molecule has 1 aromatic heterocycles. The second-order valence-corrected chi connectivity index (χ2v) is 9.72.